The lowest BCUT2D eigenvalue weighted by molar-refractivity contribution is 0.0783. The van der Waals surface area contributed by atoms with Crippen molar-refractivity contribution in [1.29, 1.82) is 5.26 Å². The number of hydrogen-bond donors (Lipinski definition) is 1. The van der Waals surface area contributed by atoms with Crippen molar-refractivity contribution in [3.63, 3.8) is 0 Å². The maximum atomic E-state index is 12.7. The van der Waals surface area contributed by atoms with Crippen LogP contribution >= 0.6 is 0 Å². The van der Waals surface area contributed by atoms with E-state index in [1.54, 1.807) is 37.4 Å². The van der Waals surface area contributed by atoms with Crippen molar-refractivity contribution in [2.75, 3.05) is 7.05 Å². The van der Waals surface area contributed by atoms with Crippen LogP contribution in [0.25, 0.3) is 11.0 Å². The van der Waals surface area contributed by atoms with Crippen LogP contribution in [0.4, 0.5) is 0 Å². The zero-order valence-electron chi connectivity index (χ0n) is 13.9. The van der Waals surface area contributed by atoms with Gasteiger partial charge < -0.3 is 9.88 Å². The second-order valence-corrected chi connectivity index (χ2v) is 5.85. The van der Waals surface area contributed by atoms with Crippen molar-refractivity contribution in [1.82, 2.24) is 14.9 Å². The van der Waals surface area contributed by atoms with E-state index in [-0.39, 0.29) is 16.9 Å². The molecule has 2 aromatic heterocycles. The molecule has 3 aromatic rings. The molecule has 0 radical (unpaired) electrons. The fraction of sp³-hybridized carbons (Fsp3) is 0.158. The van der Waals surface area contributed by atoms with Gasteiger partial charge in [0.15, 0.2) is 0 Å². The summed E-state index contributed by atoms with van der Waals surface area (Å²) in [5.74, 6) is -0.383. The number of aromatic nitrogens is 2. The highest BCUT2D eigenvalue weighted by molar-refractivity contribution is 5.96. The topological polar surface area (TPSA) is 89.9 Å². The van der Waals surface area contributed by atoms with Gasteiger partial charge in [-0.2, -0.15) is 5.26 Å². The number of nitrogens with one attached hydrogen (secondary N) is 1. The molecular weight excluding hydrogens is 316 g/mol. The molecule has 1 N–H and O–H groups in total. The van der Waals surface area contributed by atoms with Crippen molar-refractivity contribution < 1.29 is 4.79 Å². The third kappa shape index (κ3) is 3.26. The van der Waals surface area contributed by atoms with Crippen molar-refractivity contribution in [2.24, 2.45) is 0 Å². The number of rotatable bonds is 3. The molecule has 0 saturated carbocycles. The summed E-state index contributed by atoms with van der Waals surface area (Å²) in [4.78, 5) is 33.9. The molecule has 0 fully saturated rings. The number of nitrogens with zero attached hydrogens (tertiary/aromatic N) is 3. The van der Waals surface area contributed by atoms with Crippen LogP contribution in [0.3, 0.4) is 0 Å². The number of fused-ring (bicyclic) bond motifs is 1. The molecule has 0 aliphatic rings. The van der Waals surface area contributed by atoms with Gasteiger partial charge in [-0.05, 0) is 36.8 Å². The molecule has 6 nitrogen and oxygen atoms in total. The largest absolute Gasteiger partial charge is 0.345 e. The van der Waals surface area contributed by atoms with E-state index in [0.717, 1.165) is 11.3 Å². The molecular formula is C19H16N4O2. The number of carbonyl (C=O) groups is 1. The predicted octanol–water partition coefficient (Wildman–Crippen LogP) is 2.38. The number of pyridine rings is 2. The molecule has 0 bridgehead atoms. The van der Waals surface area contributed by atoms with Gasteiger partial charge in [0, 0.05) is 25.5 Å². The molecule has 2 heterocycles. The predicted molar refractivity (Wildman–Crippen MR) is 94.1 cm³/mol. The van der Waals surface area contributed by atoms with Gasteiger partial charge in [-0.15, -0.1) is 0 Å². The molecule has 25 heavy (non-hydrogen) atoms. The fourth-order valence-corrected chi connectivity index (χ4v) is 2.65. The van der Waals surface area contributed by atoms with Gasteiger partial charge in [-0.3, -0.25) is 9.59 Å². The minimum Gasteiger partial charge on any atom is -0.345 e. The lowest BCUT2D eigenvalue weighted by Crippen LogP contribution is -2.30. The highest BCUT2D eigenvalue weighted by Crippen LogP contribution is 2.11. The minimum atomic E-state index is -0.383. The van der Waals surface area contributed by atoms with Crippen LogP contribution in [0, 0.1) is 18.3 Å². The maximum Gasteiger partial charge on any atom is 0.259 e. The summed E-state index contributed by atoms with van der Waals surface area (Å²) in [6.07, 6.45) is 1.40. The van der Waals surface area contributed by atoms with E-state index in [4.69, 9.17) is 5.26 Å². The first kappa shape index (κ1) is 16.4. The third-order valence-electron chi connectivity index (χ3n) is 3.93. The maximum absolute atomic E-state index is 12.7. The quantitative estimate of drug-likeness (QED) is 0.797. The second-order valence-electron chi connectivity index (χ2n) is 5.85. The number of hydrogen-bond acceptors (Lipinski definition) is 4. The van der Waals surface area contributed by atoms with Crippen LogP contribution in [0.2, 0.25) is 0 Å². The Kier molecular flexibility index (Phi) is 4.31. The number of benzene rings is 1. The van der Waals surface area contributed by atoms with Crippen LogP contribution in [0.15, 0.2) is 47.4 Å². The number of H-pyrrole nitrogens is 1. The Bertz CT molecular complexity index is 1060. The minimum absolute atomic E-state index is 0.0668. The van der Waals surface area contributed by atoms with E-state index in [2.05, 4.69) is 16.0 Å². The number of aryl methyl sites for hydroxylation is 1. The van der Waals surface area contributed by atoms with E-state index in [0.29, 0.717) is 23.1 Å². The molecule has 124 valence electrons. The molecule has 1 aromatic carbocycles. The molecule has 6 heteroatoms. The van der Waals surface area contributed by atoms with Gasteiger partial charge in [0.05, 0.1) is 17.0 Å². The van der Waals surface area contributed by atoms with E-state index >= 15 is 0 Å². The van der Waals surface area contributed by atoms with Gasteiger partial charge in [0.25, 0.3) is 5.91 Å². The Morgan fingerprint density at radius 2 is 2.12 bits per heavy atom. The number of nitriles is 1. The molecule has 0 aliphatic heterocycles. The highest BCUT2D eigenvalue weighted by Gasteiger charge is 2.17. The summed E-state index contributed by atoms with van der Waals surface area (Å²) in [5, 5.41) is 9.34. The van der Waals surface area contributed by atoms with Crippen molar-refractivity contribution in [2.45, 2.75) is 13.5 Å². The summed E-state index contributed by atoms with van der Waals surface area (Å²) in [6.45, 7) is 2.14. The van der Waals surface area contributed by atoms with Crippen LogP contribution in [-0.2, 0) is 6.54 Å². The van der Waals surface area contributed by atoms with Crippen molar-refractivity contribution in [3.8, 4) is 6.07 Å². The van der Waals surface area contributed by atoms with E-state index in [9.17, 15) is 9.59 Å². The average Bonchev–Trinajstić information content (AvgIpc) is 2.61. The van der Waals surface area contributed by atoms with Crippen LogP contribution < -0.4 is 5.43 Å². The summed E-state index contributed by atoms with van der Waals surface area (Å²) >= 11 is 0. The van der Waals surface area contributed by atoms with E-state index in [1.807, 2.05) is 13.0 Å². The molecule has 3 rings (SSSR count). The van der Waals surface area contributed by atoms with Crippen LogP contribution in [0.5, 0.6) is 0 Å². The molecule has 0 spiro atoms. The molecule has 0 unspecified atom stereocenters. The SMILES string of the molecule is Cc1ccc2c(=O)c(C(=O)N(C)Cc3cccc(C#N)c3)c[nH]c2n1. The summed E-state index contributed by atoms with van der Waals surface area (Å²) < 4.78 is 0. The Labute approximate surface area is 144 Å². The van der Waals surface area contributed by atoms with Gasteiger partial charge in [0.1, 0.15) is 11.2 Å². The van der Waals surface area contributed by atoms with E-state index in [1.165, 1.54) is 11.1 Å². The number of carbonyl (C=O) groups excluding carboxylic acids is 1. The summed E-state index contributed by atoms with van der Waals surface area (Å²) in [6, 6.07) is 12.5. The first-order valence-corrected chi connectivity index (χ1v) is 7.73. The van der Waals surface area contributed by atoms with Crippen molar-refractivity contribution >= 4 is 16.9 Å². The average molecular weight is 332 g/mol. The monoisotopic (exact) mass is 332 g/mol. The van der Waals surface area contributed by atoms with Crippen molar-refractivity contribution in [3.05, 3.63) is 75.2 Å². The molecule has 0 atom stereocenters. The van der Waals surface area contributed by atoms with Crippen LogP contribution in [0.1, 0.15) is 27.2 Å². The molecule has 0 saturated heterocycles. The standard InChI is InChI=1S/C19H16N4O2/c1-12-6-7-15-17(24)16(10-21-18(15)22-12)19(25)23(2)11-14-5-3-4-13(8-14)9-20/h3-8,10H,11H2,1-2H3,(H,21,22,24). The second kappa shape index (κ2) is 6.57. The number of amides is 1. The lowest BCUT2D eigenvalue weighted by Gasteiger charge is -2.17. The first-order chi connectivity index (χ1) is 12.0. The molecule has 0 aliphatic carbocycles. The summed E-state index contributed by atoms with van der Waals surface area (Å²) in [7, 11) is 1.62. The molecule has 1 amide bonds. The van der Waals surface area contributed by atoms with Gasteiger partial charge in [-0.25, -0.2) is 4.98 Å². The Hall–Kier alpha value is -3.46. The van der Waals surface area contributed by atoms with Crippen LogP contribution in [-0.4, -0.2) is 27.8 Å². The number of aromatic amines is 1. The highest BCUT2D eigenvalue weighted by atomic mass is 16.2. The third-order valence-corrected chi connectivity index (χ3v) is 3.93. The first-order valence-electron chi connectivity index (χ1n) is 7.73. The summed E-state index contributed by atoms with van der Waals surface area (Å²) in [5.41, 5.74) is 2.33. The van der Waals surface area contributed by atoms with Gasteiger partial charge >= 0.3 is 0 Å². The Morgan fingerprint density at radius 1 is 1.32 bits per heavy atom. The lowest BCUT2D eigenvalue weighted by atomic mass is 10.1. The Morgan fingerprint density at radius 3 is 2.88 bits per heavy atom. The zero-order valence-corrected chi connectivity index (χ0v) is 13.9. The fourth-order valence-electron chi connectivity index (χ4n) is 2.65. The normalized spacial score (nSPS) is 10.4. The zero-order chi connectivity index (χ0) is 18.0. The Balaban J connectivity index is 1.91. The van der Waals surface area contributed by atoms with Gasteiger partial charge in [0.2, 0.25) is 5.43 Å². The smallest absolute Gasteiger partial charge is 0.259 e. The van der Waals surface area contributed by atoms with Gasteiger partial charge in [-0.1, -0.05) is 12.1 Å². The van der Waals surface area contributed by atoms with E-state index < -0.39 is 0 Å².